The molecule has 0 spiro atoms. The van der Waals surface area contributed by atoms with Crippen molar-refractivity contribution in [2.45, 2.75) is 24.8 Å². The molecule has 15 heavy (non-hydrogen) atoms. The van der Waals surface area contributed by atoms with Crippen LogP contribution in [0.5, 0.6) is 5.75 Å². The van der Waals surface area contributed by atoms with Gasteiger partial charge in [-0.15, -0.1) is 0 Å². The van der Waals surface area contributed by atoms with Crippen molar-refractivity contribution < 1.29 is 9.13 Å². The number of ether oxygens (including phenoxy) is 1. The molecule has 0 heterocycles. The molecule has 0 unspecified atom stereocenters. The second-order valence-corrected chi connectivity index (χ2v) is 4.97. The lowest BCUT2D eigenvalue weighted by Gasteiger charge is -2.11. The van der Waals surface area contributed by atoms with Gasteiger partial charge < -0.3 is 10.5 Å². The van der Waals surface area contributed by atoms with E-state index in [-0.39, 0.29) is 11.4 Å². The fourth-order valence-electron chi connectivity index (χ4n) is 1.58. The Hall–Kier alpha value is -0.610. The minimum atomic E-state index is -0.244. The molecule has 2 rings (SSSR count). The molecular formula is C11H13BrFNO. The Morgan fingerprint density at radius 2 is 2.20 bits per heavy atom. The van der Waals surface area contributed by atoms with Crippen LogP contribution < -0.4 is 10.5 Å². The van der Waals surface area contributed by atoms with Crippen LogP contribution in [0, 0.1) is 5.82 Å². The van der Waals surface area contributed by atoms with Crippen LogP contribution in [0.15, 0.2) is 16.6 Å². The molecular weight excluding hydrogens is 261 g/mol. The average molecular weight is 274 g/mol. The summed E-state index contributed by atoms with van der Waals surface area (Å²) in [5, 5.41) is 0. The Balaban J connectivity index is 2.28. The molecule has 1 fully saturated rings. The van der Waals surface area contributed by atoms with Crippen LogP contribution >= 0.6 is 15.9 Å². The quantitative estimate of drug-likeness (QED) is 0.919. The van der Waals surface area contributed by atoms with Crippen LogP contribution in [0.3, 0.4) is 0 Å². The number of benzene rings is 1. The van der Waals surface area contributed by atoms with E-state index < -0.39 is 0 Å². The predicted octanol–water partition coefficient (Wildman–Crippen LogP) is 2.63. The molecule has 0 aromatic heterocycles. The number of hydrogen-bond acceptors (Lipinski definition) is 2. The third-order valence-corrected chi connectivity index (χ3v) is 3.38. The molecule has 0 radical (unpaired) electrons. The maximum absolute atomic E-state index is 13.6. The van der Waals surface area contributed by atoms with Crippen molar-refractivity contribution in [3.8, 4) is 5.75 Å². The molecule has 1 aliphatic rings. The lowest BCUT2D eigenvalue weighted by atomic mass is 10.0. The monoisotopic (exact) mass is 273 g/mol. The Bertz CT molecular complexity index is 390. The zero-order valence-corrected chi connectivity index (χ0v) is 10.1. The van der Waals surface area contributed by atoms with Gasteiger partial charge in [0.15, 0.2) is 0 Å². The summed E-state index contributed by atoms with van der Waals surface area (Å²) in [5.74, 6) is 0.268. The minimum Gasteiger partial charge on any atom is -0.495 e. The van der Waals surface area contributed by atoms with Crippen molar-refractivity contribution in [1.82, 2.24) is 0 Å². The van der Waals surface area contributed by atoms with E-state index in [9.17, 15) is 4.39 Å². The van der Waals surface area contributed by atoms with E-state index in [0.717, 1.165) is 17.3 Å². The number of methoxy groups -OCH3 is 1. The SMILES string of the molecule is COc1cc(F)c(CC2(N)CC2)cc1Br. The van der Waals surface area contributed by atoms with Gasteiger partial charge in [0.05, 0.1) is 11.6 Å². The molecule has 0 amide bonds. The van der Waals surface area contributed by atoms with Crippen LogP contribution in [0.2, 0.25) is 0 Å². The van der Waals surface area contributed by atoms with Gasteiger partial charge in [0, 0.05) is 11.6 Å². The molecule has 1 saturated carbocycles. The molecule has 2 N–H and O–H groups in total. The third-order valence-electron chi connectivity index (χ3n) is 2.76. The maximum Gasteiger partial charge on any atom is 0.135 e. The molecule has 2 nitrogen and oxygen atoms in total. The summed E-state index contributed by atoms with van der Waals surface area (Å²) in [6, 6.07) is 3.15. The van der Waals surface area contributed by atoms with Gasteiger partial charge in [0.2, 0.25) is 0 Å². The fraction of sp³-hybridized carbons (Fsp3) is 0.455. The molecule has 0 atom stereocenters. The predicted molar refractivity (Wildman–Crippen MR) is 60.5 cm³/mol. The van der Waals surface area contributed by atoms with Gasteiger partial charge in [-0.1, -0.05) is 0 Å². The molecule has 1 aromatic rings. The van der Waals surface area contributed by atoms with Gasteiger partial charge in [-0.2, -0.15) is 0 Å². The number of hydrogen-bond donors (Lipinski definition) is 1. The smallest absolute Gasteiger partial charge is 0.135 e. The topological polar surface area (TPSA) is 35.2 Å². The number of halogens is 2. The highest BCUT2D eigenvalue weighted by atomic mass is 79.9. The van der Waals surface area contributed by atoms with Gasteiger partial charge >= 0.3 is 0 Å². The molecule has 0 aliphatic heterocycles. The van der Waals surface area contributed by atoms with Crippen molar-refractivity contribution in [1.29, 1.82) is 0 Å². The highest BCUT2D eigenvalue weighted by molar-refractivity contribution is 9.10. The second kappa shape index (κ2) is 3.76. The van der Waals surface area contributed by atoms with Gasteiger partial charge in [-0.25, -0.2) is 4.39 Å². The Morgan fingerprint density at radius 3 is 2.73 bits per heavy atom. The molecule has 0 saturated heterocycles. The minimum absolute atomic E-state index is 0.172. The van der Waals surface area contributed by atoms with Crippen LogP contribution in [0.1, 0.15) is 18.4 Å². The fourth-order valence-corrected chi connectivity index (χ4v) is 2.13. The summed E-state index contributed by atoms with van der Waals surface area (Å²) < 4.78 is 19.4. The largest absolute Gasteiger partial charge is 0.495 e. The van der Waals surface area contributed by atoms with E-state index in [2.05, 4.69) is 15.9 Å². The summed E-state index contributed by atoms with van der Waals surface area (Å²) in [4.78, 5) is 0. The summed E-state index contributed by atoms with van der Waals surface area (Å²) in [6.45, 7) is 0. The van der Waals surface area contributed by atoms with Crippen LogP contribution in [-0.4, -0.2) is 12.6 Å². The molecule has 0 bridgehead atoms. The number of nitrogens with two attached hydrogens (primary N) is 1. The van der Waals surface area contributed by atoms with Crippen LogP contribution in [0.25, 0.3) is 0 Å². The van der Waals surface area contributed by atoms with E-state index in [1.807, 2.05) is 0 Å². The highest BCUT2D eigenvalue weighted by Gasteiger charge is 2.38. The first kappa shape index (κ1) is 10.9. The standard InChI is InChI=1S/C11H13BrFNO/c1-15-10-5-9(13)7(4-8(10)12)6-11(14)2-3-11/h4-5H,2-3,6,14H2,1H3. The zero-order chi connectivity index (χ0) is 11.1. The number of rotatable bonds is 3. The van der Waals surface area contributed by atoms with E-state index in [1.54, 1.807) is 6.07 Å². The van der Waals surface area contributed by atoms with Gasteiger partial charge in [0.25, 0.3) is 0 Å². The zero-order valence-electron chi connectivity index (χ0n) is 8.52. The van der Waals surface area contributed by atoms with Crippen molar-refractivity contribution in [2.75, 3.05) is 7.11 Å². The van der Waals surface area contributed by atoms with Crippen molar-refractivity contribution in [3.63, 3.8) is 0 Å². The molecule has 1 aliphatic carbocycles. The normalized spacial score (nSPS) is 17.6. The van der Waals surface area contributed by atoms with E-state index in [1.165, 1.54) is 13.2 Å². The van der Waals surface area contributed by atoms with Gasteiger partial charge in [0.1, 0.15) is 11.6 Å². The molecule has 4 heteroatoms. The second-order valence-electron chi connectivity index (χ2n) is 4.12. The van der Waals surface area contributed by atoms with Gasteiger partial charge in [-0.05, 0) is 46.8 Å². The lowest BCUT2D eigenvalue weighted by molar-refractivity contribution is 0.407. The van der Waals surface area contributed by atoms with Crippen molar-refractivity contribution in [3.05, 3.63) is 28.0 Å². The maximum atomic E-state index is 13.6. The van der Waals surface area contributed by atoms with E-state index in [4.69, 9.17) is 10.5 Å². The summed E-state index contributed by atoms with van der Waals surface area (Å²) in [5.41, 5.74) is 6.44. The van der Waals surface area contributed by atoms with Crippen LogP contribution in [0.4, 0.5) is 4.39 Å². The van der Waals surface area contributed by atoms with Crippen molar-refractivity contribution >= 4 is 15.9 Å². The molecule has 1 aromatic carbocycles. The Labute approximate surface area is 96.7 Å². The first-order valence-electron chi connectivity index (χ1n) is 4.85. The van der Waals surface area contributed by atoms with E-state index >= 15 is 0 Å². The van der Waals surface area contributed by atoms with Crippen molar-refractivity contribution in [2.24, 2.45) is 5.73 Å². The first-order chi connectivity index (χ1) is 7.04. The van der Waals surface area contributed by atoms with Crippen LogP contribution in [-0.2, 0) is 6.42 Å². The first-order valence-corrected chi connectivity index (χ1v) is 5.64. The Morgan fingerprint density at radius 1 is 1.53 bits per heavy atom. The van der Waals surface area contributed by atoms with Gasteiger partial charge in [-0.3, -0.25) is 0 Å². The average Bonchev–Trinajstić information content (AvgIpc) is 2.89. The highest BCUT2D eigenvalue weighted by Crippen LogP contribution is 2.38. The summed E-state index contributed by atoms with van der Waals surface area (Å²) in [6.07, 6.45) is 2.56. The van der Waals surface area contributed by atoms with E-state index in [0.29, 0.717) is 17.7 Å². The summed E-state index contributed by atoms with van der Waals surface area (Å²) in [7, 11) is 1.52. The summed E-state index contributed by atoms with van der Waals surface area (Å²) >= 11 is 3.34. The Kier molecular flexibility index (Phi) is 2.73. The third kappa shape index (κ3) is 2.32. The lowest BCUT2D eigenvalue weighted by Crippen LogP contribution is -2.25. The molecule has 82 valence electrons.